The summed E-state index contributed by atoms with van der Waals surface area (Å²) in [6, 6.07) is 5.77. The molecule has 0 bridgehead atoms. The molecule has 0 saturated carbocycles. The highest BCUT2D eigenvalue weighted by atomic mass is 28.4. The topological polar surface area (TPSA) is 45.9 Å². The monoisotopic (exact) mass is 290 g/mol. The first-order valence-corrected chi connectivity index (χ1v) is 9.47. The van der Waals surface area contributed by atoms with Gasteiger partial charge in [0.2, 0.25) is 8.32 Å². The summed E-state index contributed by atoms with van der Waals surface area (Å²) < 4.78 is 6.47. The summed E-state index contributed by atoms with van der Waals surface area (Å²) in [5.74, 6) is 0. The maximum absolute atomic E-state index is 8.79. The summed E-state index contributed by atoms with van der Waals surface area (Å²) in [6.45, 7) is 14.2. The molecule has 0 unspecified atom stereocenters. The van der Waals surface area contributed by atoms with Crippen LogP contribution in [0.1, 0.15) is 52.8 Å². The Hall–Kier alpha value is -1.18. The number of hydrogen-bond donors (Lipinski definition) is 0. The van der Waals surface area contributed by atoms with Gasteiger partial charge in [0.1, 0.15) is 6.07 Å². The van der Waals surface area contributed by atoms with Gasteiger partial charge in [0.05, 0.1) is 17.9 Å². The molecule has 0 saturated heterocycles. The second-order valence-electron chi connectivity index (χ2n) is 6.26. The van der Waals surface area contributed by atoms with E-state index in [1.165, 1.54) is 0 Å². The van der Waals surface area contributed by atoms with Crippen LogP contribution in [0, 0.1) is 11.3 Å². The third-order valence-corrected chi connectivity index (χ3v) is 10.2. The molecule has 0 amide bonds. The van der Waals surface area contributed by atoms with Gasteiger partial charge in [0, 0.05) is 6.20 Å². The molecule has 3 nitrogen and oxygen atoms in total. The minimum Gasteiger partial charge on any atom is -0.410 e. The number of aromatic nitrogens is 1. The Bertz CT molecular complexity index is 439. The van der Waals surface area contributed by atoms with E-state index in [0.29, 0.717) is 28.8 Å². The van der Waals surface area contributed by atoms with Crippen LogP contribution in [0.3, 0.4) is 0 Å². The van der Waals surface area contributed by atoms with Crippen molar-refractivity contribution in [2.45, 2.75) is 64.8 Å². The number of nitriles is 1. The molecular weight excluding hydrogens is 264 g/mol. The molecule has 0 N–H and O–H groups in total. The molecule has 0 radical (unpaired) electrons. The molecule has 1 heterocycles. The zero-order chi connectivity index (χ0) is 15.3. The van der Waals surface area contributed by atoms with Crippen molar-refractivity contribution in [1.82, 2.24) is 4.98 Å². The van der Waals surface area contributed by atoms with Crippen molar-refractivity contribution >= 4 is 8.32 Å². The van der Waals surface area contributed by atoms with Crippen LogP contribution < -0.4 is 0 Å². The molecule has 0 fully saturated rings. The van der Waals surface area contributed by atoms with E-state index in [-0.39, 0.29) is 0 Å². The fourth-order valence-corrected chi connectivity index (χ4v) is 8.67. The van der Waals surface area contributed by atoms with Crippen molar-refractivity contribution in [1.29, 1.82) is 5.26 Å². The lowest BCUT2D eigenvalue weighted by molar-refractivity contribution is 0.262. The number of rotatable bonds is 6. The van der Waals surface area contributed by atoms with E-state index in [0.717, 1.165) is 5.69 Å². The van der Waals surface area contributed by atoms with Gasteiger partial charge in [-0.05, 0) is 28.8 Å². The Labute approximate surface area is 124 Å². The highest BCUT2D eigenvalue weighted by Crippen LogP contribution is 2.42. The molecule has 0 aliphatic carbocycles. The molecule has 0 spiro atoms. The summed E-state index contributed by atoms with van der Waals surface area (Å²) in [5, 5.41) is 8.79. The van der Waals surface area contributed by atoms with E-state index in [9.17, 15) is 0 Å². The Balaban J connectivity index is 2.88. The van der Waals surface area contributed by atoms with Gasteiger partial charge in [-0.3, -0.25) is 4.98 Å². The summed E-state index contributed by atoms with van der Waals surface area (Å²) in [6.07, 6.45) is 1.61. The van der Waals surface area contributed by atoms with Crippen LogP contribution in [0.4, 0.5) is 0 Å². The van der Waals surface area contributed by atoms with Crippen LogP contribution in [0.25, 0.3) is 0 Å². The predicted octanol–water partition coefficient (Wildman–Crippen LogP) is 4.65. The quantitative estimate of drug-likeness (QED) is 0.717. The zero-order valence-electron chi connectivity index (χ0n) is 13.5. The van der Waals surface area contributed by atoms with E-state index >= 15 is 0 Å². The van der Waals surface area contributed by atoms with Gasteiger partial charge >= 0.3 is 0 Å². The average Bonchev–Trinajstić information content (AvgIpc) is 2.38. The molecule has 0 aliphatic rings. The van der Waals surface area contributed by atoms with Crippen LogP contribution in [-0.2, 0) is 11.0 Å². The van der Waals surface area contributed by atoms with E-state index < -0.39 is 8.32 Å². The minimum absolute atomic E-state index is 0.548. The first-order valence-electron chi connectivity index (χ1n) is 7.33. The molecule has 110 valence electrons. The van der Waals surface area contributed by atoms with Crippen molar-refractivity contribution in [2.75, 3.05) is 0 Å². The van der Waals surface area contributed by atoms with Crippen LogP contribution in [0.15, 0.2) is 18.3 Å². The standard InChI is InChI=1S/C16H26N2OSi/c1-12(2)20(13(3)4,14(5)6)19-11-16-8-7-15(9-17)10-18-16/h7-8,10,12-14H,11H2,1-6H3. The minimum atomic E-state index is -1.84. The fraction of sp³-hybridized carbons (Fsp3) is 0.625. The highest BCUT2D eigenvalue weighted by Gasteiger charge is 2.44. The highest BCUT2D eigenvalue weighted by molar-refractivity contribution is 6.77. The SMILES string of the molecule is CC(C)[Si](OCc1ccc(C#N)cn1)(C(C)C)C(C)C. The normalized spacial score (nSPS) is 12.2. The lowest BCUT2D eigenvalue weighted by Gasteiger charge is -2.42. The molecule has 0 aromatic carbocycles. The smallest absolute Gasteiger partial charge is 0.200 e. The fourth-order valence-electron chi connectivity index (χ4n) is 3.27. The Morgan fingerprint density at radius 2 is 1.65 bits per heavy atom. The van der Waals surface area contributed by atoms with E-state index in [1.807, 2.05) is 6.07 Å². The molecule has 0 aliphatic heterocycles. The summed E-state index contributed by atoms with van der Waals surface area (Å²) >= 11 is 0. The lowest BCUT2D eigenvalue weighted by atomic mass is 10.3. The molecule has 4 heteroatoms. The van der Waals surface area contributed by atoms with Crippen molar-refractivity contribution in [3.05, 3.63) is 29.6 Å². The molecule has 1 aromatic heterocycles. The number of pyridine rings is 1. The number of hydrogen-bond acceptors (Lipinski definition) is 3. The Kier molecular flexibility index (Phi) is 5.91. The maximum Gasteiger partial charge on any atom is 0.200 e. The van der Waals surface area contributed by atoms with Crippen molar-refractivity contribution < 1.29 is 4.43 Å². The van der Waals surface area contributed by atoms with Crippen LogP contribution in [-0.4, -0.2) is 13.3 Å². The van der Waals surface area contributed by atoms with Gasteiger partial charge in [-0.1, -0.05) is 41.5 Å². The molecular formula is C16H26N2OSi. The molecule has 1 rings (SSSR count). The van der Waals surface area contributed by atoms with Gasteiger partial charge in [-0.15, -0.1) is 0 Å². The predicted molar refractivity (Wildman–Crippen MR) is 84.8 cm³/mol. The zero-order valence-corrected chi connectivity index (χ0v) is 14.5. The summed E-state index contributed by atoms with van der Waals surface area (Å²) in [7, 11) is -1.84. The largest absolute Gasteiger partial charge is 0.410 e. The Morgan fingerprint density at radius 1 is 1.10 bits per heavy atom. The third kappa shape index (κ3) is 3.47. The first kappa shape index (κ1) is 16.9. The van der Waals surface area contributed by atoms with Gasteiger partial charge in [0.15, 0.2) is 0 Å². The average molecular weight is 290 g/mol. The van der Waals surface area contributed by atoms with Gasteiger partial charge in [0.25, 0.3) is 0 Å². The molecule has 20 heavy (non-hydrogen) atoms. The second kappa shape index (κ2) is 7.01. The van der Waals surface area contributed by atoms with Crippen molar-refractivity contribution in [3.63, 3.8) is 0 Å². The summed E-state index contributed by atoms with van der Waals surface area (Å²) in [4.78, 5) is 4.31. The van der Waals surface area contributed by atoms with Gasteiger partial charge in [-0.25, -0.2) is 0 Å². The van der Waals surface area contributed by atoms with E-state index in [4.69, 9.17) is 9.69 Å². The lowest BCUT2D eigenvalue weighted by Crippen LogP contribution is -2.47. The third-order valence-electron chi connectivity index (χ3n) is 4.13. The van der Waals surface area contributed by atoms with Crippen LogP contribution in [0.2, 0.25) is 16.6 Å². The summed E-state index contributed by atoms with van der Waals surface area (Å²) in [5.41, 5.74) is 3.21. The van der Waals surface area contributed by atoms with Gasteiger partial charge in [-0.2, -0.15) is 5.26 Å². The van der Waals surface area contributed by atoms with Crippen LogP contribution >= 0.6 is 0 Å². The van der Waals surface area contributed by atoms with E-state index in [1.54, 1.807) is 12.3 Å². The van der Waals surface area contributed by atoms with Gasteiger partial charge < -0.3 is 4.43 Å². The first-order chi connectivity index (χ1) is 9.34. The molecule has 0 atom stereocenters. The maximum atomic E-state index is 8.79. The van der Waals surface area contributed by atoms with Crippen LogP contribution in [0.5, 0.6) is 0 Å². The van der Waals surface area contributed by atoms with Crippen molar-refractivity contribution in [2.24, 2.45) is 0 Å². The second-order valence-corrected chi connectivity index (χ2v) is 11.7. The number of nitrogens with zero attached hydrogens (tertiary/aromatic N) is 2. The Morgan fingerprint density at radius 3 is 2.00 bits per heavy atom. The van der Waals surface area contributed by atoms with E-state index in [2.05, 4.69) is 52.6 Å². The van der Waals surface area contributed by atoms with Crippen molar-refractivity contribution in [3.8, 4) is 6.07 Å². The molecule has 1 aromatic rings.